The Morgan fingerprint density at radius 2 is 1.93 bits per heavy atom. The molecular weight excluding hydrogens is 346 g/mol. The second-order valence-electron chi connectivity index (χ2n) is 6.89. The number of aliphatic hydroxyl groups is 1. The van der Waals surface area contributed by atoms with Gasteiger partial charge in [-0.05, 0) is 43.7 Å². The number of nitro groups is 1. The van der Waals surface area contributed by atoms with Crippen molar-refractivity contribution in [1.82, 2.24) is 10.6 Å². The highest BCUT2D eigenvalue weighted by atomic mass is 16.6. The molecule has 0 aromatic heterocycles. The third-order valence-corrected chi connectivity index (χ3v) is 4.02. The number of nitrogens with one attached hydrogen (secondary N) is 3. The fraction of sp³-hybridized carbons (Fsp3) is 0.632. The summed E-state index contributed by atoms with van der Waals surface area (Å²) in [6.45, 7) is 9.36. The van der Waals surface area contributed by atoms with Crippen molar-refractivity contribution in [1.29, 1.82) is 0 Å². The van der Waals surface area contributed by atoms with Gasteiger partial charge in [-0.3, -0.25) is 15.1 Å². The van der Waals surface area contributed by atoms with Crippen molar-refractivity contribution in [3.8, 4) is 0 Å². The molecule has 1 aromatic carbocycles. The summed E-state index contributed by atoms with van der Waals surface area (Å²) in [7, 11) is 0. The molecule has 0 aliphatic rings. The lowest BCUT2D eigenvalue weighted by Gasteiger charge is -2.17. The fourth-order valence-electron chi connectivity index (χ4n) is 2.78. The first-order valence-corrected chi connectivity index (χ1v) is 9.57. The number of aliphatic hydroxyl groups excluding tert-OH is 1. The largest absolute Gasteiger partial charge is 0.396 e. The molecule has 1 unspecified atom stereocenters. The van der Waals surface area contributed by atoms with Crippen LogP contribution in [0, 0.1) is 22.0 Å². The van der Waals surface area contributed by atoms with Crippen LogP contribution in [0.1, 0.15) is 33.6 Å². The van der Waals surface area contributed by atoms with E-state index in [0.29, 0.717) is 31.5 Å². The number of nitrogens with zero attached hydrogens (tertiary/aromatic N) is 2. The molecule has 8 nitrogen and oxygen atoms in total. The summed E-state index contributed by atoms with van der Waals surface area (Å²) >= 11 is 0. The van der Waals surface area contributed by atoms with Crippen molar-refractivity contribution in [3.05, 3.63) is 34.4 Å². The number of hydrogen-bond donors (Lipinski definition) is 4. The average molecular weight is 380 g/mol. The summed E-state index contributed by atoms with van der Waals surface area (Å²) in [5, 5.41) is 29.6. The van der Waals surface area contributed by atoms with Crippen LogP contribution >= 0.6 is 0 Å². The standard InChI is InChI=1S/C19H33N5O3/c1-4-20-19(23-14-16(9-12-25)13-15(2)3)22-11-10-21-17-5-7-18(8-6-17)24(26)27/h5-8,15-16,21,25H,4,9-14H2,1-3H3,(H2,20,22,23). The molecule has 1 rings (SSSR count). The normalized spacial score (nSPS) is 12.7. The monoisotopic (exact) mass is 379 g/mol. The molecule has 0 radical (unpaired) electrons. The predicted octanol–water partition coefficient (Wildman–Crippen LogP) is 2.61. The van der Waals surface area contributed by atoms with Gasteiger partial charge >= 0.3 is 0 Å². The number of guanidine groups is 1. The summed E-state index contributed by atoms with van der Waals surface area (Å²) in [6, 6.07) is 6.36. The number of nitro benzene ring substituents is 1. The Hall–Kier alpha value is -2.35. The molecule has 4 N–H and O–H groups in total. The minimum atomic E-state index is -0.409. The Labute approximate surface area is 161 Å². The van der Waals surface area contributed by atoms with Crippen molar-refractivity contribution in [2.45, 2.75) is 33.6 Å². The third-order valence-electron chi connectivity index (χ3n) is 4.02. The molecule has 0 saturated heterocycles. The maximum Gasteiger partial charge on any atom is 0.269 e. The first-order valence-electron chi connectivity index (χ1n) is 9.57. The van der Waals surface area contributed by atoms with Crippen molar-refractivity contribution >= 4 is 17.3 Å². The summed E-state index contributed by atoms with van der Waals surface area (Å²) in [5.74, 6) is 1.72. The maximum atomic E-state index is 10.7. The Balaban J connectivity index is 2.45. The van der Waals surface area contributed by atoms with Gasteiger partial charge in [0.15, 0.2) is 5.96 Å². The minimum Gasteiger partial charge on any atom is -0.396 e. The second-order valence-corrected chi connectivity index (χ2v) is 6.89. The summed E-state index contributed by atoms with van der Waals surface area (Å²) in [5.41, 5.74) is 0.920. The molecule has 0 aliphatic heterocycles. The van der Waals surface area contributed by atoms with E-state index in [1.165, 1.54) is 12.1 Å². The average Bonchev–Trinajstić information content (AvgIpc) is 2.63. The van der Waals surface area contributed by atoms with E-state index in [0.717, 1.165) is 31.0 Å². The molecule has 27 heavy (non-hydrogen) atoms. The van der Waals surface area contributed by atoms with Crippen LogP contribution in [0.2, 0.25) is 0 Å². The van der Waals surface area contributed by atoms with Crippen molar-refractivity contribution in [3.63, 3.8) is 0 Å². The van der Waals surface area contributed by atoms with Gasteiger partial charge in [0.25, 0.3) is 5.69 Å². The quantitative estimate of drug-likeness (QED) is 0.146. The molecular formula is C19H33N5O3. The molecule has 0 heterocycles. The molecule has 0 spiro atoms. The van der Waals surface area contributed by atoms with Gasteiger partial charge in [-0.25, -0.2) is 0 Å². The third kappa shape index (κ3) is 9.79. The van der Waals surface area contributed by atoms with E-state index in [2.05, 4.69) is 34.8 Å². The Morgan fingerprint density at radius 1 is 1.22 bits per heavy atom. The molecule has 8 heteroatoms. The number of hydrogen-bond acceptors (Lipinski definition) is 5. The molecule has 152 valence electrons. The molecule has 0 amide bonds. The lowest BCUT2D eigenvalue weighted by Crippen LogP contribution is -2.40. The van der Waals surface area contributed by atoms with Crippen LogP contribution in [0.3, 0.4) is 0 Å². The predicted molar refractivity (Wildman–Crippen MR) is 110 cm³/mol. The van der Waals surface area contributed by atoms with Gasteiger partial charge < -0.3 is 21.1 Å². The highest BCUT2D eigenvalue weighted by Crippen LogP contribution is 2.16. The van der Waals surface area contributed by atoms with Gasteiger partial charge in [0.1, 0.15) is 0 Å². The molecule has 0 aliphatic carbocycles. The Morgan fingerprint density at radius 3 is 2.48 bits per heavy atom. The Kier molecular flexibility index (Phi) is 10.9. The smallest absolute Gasteiger partial charge is 0.269 e. The van der Waals surface area contributed by atoms with Crippen LogP contribution in [0.15, 0.2) is 29.3 Å². The van der Waals surface area contributed by atoms with E-state index >= 15 is 0 Å². The van der Waals surface area contributed by atoms with Crippen LogP contribution in [-0.2, 0) is 0 Å². The SMILES string of the molecule is CCNC(=NCC(CCO)CC(C)C)NCCNc1ccc([N+](=O)[O-])cc1. The van der Waals surface area contributed by atoms with Crippen LogP contribution < -0.4 is 16.0 Å². The summed E-state index contributed by atoms with van der Waals surface area (Å²) in [4.78, 5) is 14.9. The second kappa shape index (κ2) is 12.9. The number of aliphatic imine (C=N–C) groups is 1. The summed E-state index contributed by atoms with van der Waals surface area (Å²) in [6.07, 6.45) is 1.81. The van der Waals surface area contributed by atoms with Gasteiger partial charge in [0.2, 0.25) is 0 Å². The zero-order valence-electron chi connectivity index (χ0n) is 16.6. The van der Waals surface area contributed by atoms with Crippen LogP contribution in [0.4, 0.5) is 11.4 Å². The zero-order chi connectivity index (χ0) is 20.1. The van der Waals surface area contributed by atoms with E-state index < -0.39 is 4.92 Å². The molecule has 0 saturated carbocycles. The van der Waals surface area contributed by atoms with Gasteiger partial charge in [-0.15, -0.1) is 0 Å². The van der Waals surface area contributed by atoms with Crippen LogP contribution in [0.5, 0.6) is 0 Å². The summed E-state index contributed by atoms with van der Waals surface area (Å²) < 4.78 is 0. The maximum absolute atomic E-state index is 10.7. The van der Waals surface area contributed by atoms with E-state index in [9.17, 15) is 15.2 Å². The molecule has 1 aromatic rings. The van der Waals surface area contributed by atoms with E-state index in [1.807, 2.05) is 6.92 Å². The number of benzene rings is 1. The lowest BCUT2D eigenvalue weighted by molar-refractivity contribution is -0.384. The molecule has 1 atom stereocenters. The molecule has 0 fully saturated rings. The number of anilines is 1. The van der Waals surface area contributed by atoms with Gasteiger partial charge in [0.05, 0.1) is 4.92 Å². The van der Waals surface area contributed by atoms with Crippen molar-refractivity contribution in [2.75, 3.05) is 38.1 Å². The van der Waals surface area contributed by atoms with E-state index in [1.54, 1.807) is 12.1 Å². The van der Waals surface area contributed by atoms with E-state index in [-0.39, 0.29) is 12.3 Å². The Bertz CT molecular complexity index is 575. The number of non-ortho nitro benzene ring substituents is 1. The van der Waals surface area contributed by atoms with E-state index in [4.69, 9.17) is 0 Å². The first kappa shape index (κ1) is 22.7. The molecule has 0 bridgehead atoms. The van der Waals surface area contributed by atoms with Crippen LogP contribution in [-0.4, -0.2) is 48.8 Å². The van der Waals surface area contributed by atoms with Gasteiger partial charge in [0, 0.05) is 50.6 Å². The van der Waals surface area contributed by atoms with Crippen molar-refractivity contribution < 1.29 is 10.0 Å². The number of rotatable bonds is 12. The highest BCUT2D eigenvalue weighted by molar-refractivity contribution is 5.79. The topological polar surface area (TPSA) is 112 Å². The highest BCUT2D eigenvalue weighted by Gasteiger charge is 2.10. The van der Waals surface area contributed by atoms with Gasteiger partial charge in [-0.1, -0.05) is 13.8 Å². The lowest BCUT2D eigenvalue weighted by atomic mass is 9.94. The zero-order valence-corrected chi connectivity index (χ0v) is 16.6. The first-order chi connectivity index (χ1) is 13.0. The minimum absolute atomic E-state index is 0.0825. The van der Waals surface area contributed by atoms with Gasteiger partial charge in [-0.2, -0.15) is 0 Å². The van der Waals surface area contributed by atoms with Crippen molar-refractivity contribution in [2.24, 2.45) is 16.8 Å². The van der Waals surface area contributed by atoms with Crippen LogP contribution in [0.25, 0.3) is 0 Å². The fourth-order valence-corrected chi connectivity index (χ4v) is 2.78.